The normalized spacial score (nSPS) is 10.9. The van der Waals surface area contributed by atoms with Crippen molar-refractivity contribution in [3.63, 3.8) is 0 Å². The minimum absolute atomic E-state index is 0.0105. The molecule has 0 saturated heterocycles. The van der Waals surface area contributed by atoms with Crippen LogP contribution in [-0.4, -0.2) is 21.5 Å². The summed E-state index contributed by atoms with van der Waals surface area (Å²) >= 11 is 12.1. The zero-order valence-corrected chi connectivity index (χ0v) is 20.9. The van der Waals surface area contributed by atoms with Gasteiger partial charge in [0.1, 0.15) is 18.1 Å². The highest BCUT2D eigenvalue weighted by atomic mass is 35.5. The summed E-state index contributed by atoms with van der Waals surface area (Å²) in [5, 5.41) is 8.40. The molecular weight excluding hydrogens is 489 g/mol. The molecule has 4 aromatic rings. The Balaban J connectivity index is 1.40. The number of rotatable bonds is 8. The standard InChI is InChI=1S/C26H23Cl2N3O4/c1-15-25(16(2)31(30-15)13-18-4-10-22(27)23(28)12-18)29-26(33)24-11-9-21(35-24)14-34-20-7-5-19(6-8-20)17(3)32/h4-12H,13-14H2,1-3H3,(H,29,33). The monoisotopic (exact) mass is 511 g/mol. The van der Waals surface area contributed by atoms with E-state index in [1.807, 2.05) is 19.9 Å². The second-order valence-electron chi connectivity index (χ2n) is 8.04. The minimum Gasteiger partial charge on any atom is -0.486 e. The second-order valence-corrected chi connectivity index (χ2v) is 8.86. The Morgan fingerprint density at radius 3 is 2.46 bits per heavy atom. The van der Waals surface area contributed by atoms with E-state index in [1.165, 1.54) is 6.92 Å². The molecule has 0 unspecified atom stereocenters. The van der Waals surface area contributed by atoms with Gasteiger partial charge in [-0.3, -0.25) is 14.3 Å². The third-order valence-corrected chi connectivity index (χ3v) is 6.20. The Kier molecular flexibility index (Phi) is 7.28. The number of aromatic nitrogens is 2. The van der Waals surface area contributed by atoms with Crippen LogP contribution in [0.15, 0.2) is 59.0 Å². The zero-order valence-electron chi connectivity index (χ0n) is 19.4. The lowest BCUT2D eigenvalue weighted by Gasteiger charge is -2.07. The summed E-state index contributed by atoms with van der Waals surface area (Å²) in [4.78, 5) is 24.2. The van der Waals surface area contributed by atoms with E-state index in [2.05, 4.69) is 10.4 Å². The van der Waals surface area contributed by atoms with Gasteiger partial charge in [0.2, 0.25) is 0 Å². The molecule has 0 saturated carbocycles. The highest BCUT2D eigenvalue weighted by molar-refractivity contribution is 6.42. The van der Waals surface area contributed by atoms with Gasteiger partial charge in [-0.25, -0.2) is 0 Å². The van der Waals surface area contributed by atoms with Crippen LogP contribution < -0.4 is 10.1 Å². The van der Waals surface area contributed by atoms with Crippen molar-refractivity contribution in [1.82, 2.24) is 9.78 Å². The molecular formula is C26H23Cl2N3O4. The van der Waals surface area contributed by atoms with Gasteiger partial charge in [0.25, 0.3) is 5.91 Å². The summed E-state index contributed by atoms with van der Waals surface area (Å²) in [5.41, 5.74) is 3.65. The molecule has 0 aliphatic rings. The molecule has 0 aliphatic heterocycles. The van der Waals surface area contributed by atoms with E-state index in [0.717, 1.165) is 11.3 Å². The number of nitrogens with one attached hydrogen (secondary N) is 1. The van der Waals surface area contributed by atoms with Crippen LogP contribution in [0.2, 0.25) is 10.0 Å². The molecule has 35 heavy (non-hydrogen) atoms. The quantitative estimate of drug-likeness (QED) is 0.273. The number of hydrogen-bond donors (Lipinski definition) is 1. The van der Waals surface area contributed by atoms with Crippen molar-refractivity contribution in [1.29, 1.82) is 0 Å². The Morgan fingerprint density at radius 1 is 1.03 bits per heavy atom. The summed E-state index contributed by atoms with van der Waals surface area (Å²) in [6.07, 6.45) is 0. The molecule has 4 rings (SSSR count). The van der Waals surface area contributed by atoms with Gasteiger partial charge in [0.15, 0.2) is 11.5 Å². The van der Waals surface area contributed by atoms with E-state index in [0.29, 0.717) is 45.0 Å². The summed E-state index contributed by atoms with van der Waals surface area (Å²) < 4.78 is 13.1. The maximum absolute atomic E-state index is 12.8. The van der Waals surface area contributed by atoms with Crippen LogP contribution in [0, 0.1) is 13.8 Å². The summed E-state index contributed by atoms with van der Waals surface area (Å²) in [6, 6.07) is 15.5. The number of carbonyl (C=O) groups is 2. The SMILES string of the molecule is CC(=O)c1ccc(OCc2ccc(C(=O)Nc3c(C)nn(Cc4ccc(Cl)c(Cl)c4)c3C)o2)cc1. The average Bonchev–Trinajstić information content (AvgIpc) is 3.41. The Morgan fingerprint density at radius 2 is 1.77 bits per heavy atom. The number of carbonyl (C=O) groups excluding carboxylic acids is 2. The molecule has 0 spiro atoms. The van der Waals surface area contributed by atoms with Gasteiger partial charge in [-0.1, -0.05) is 29.3 Å². The highest BCUT2D eigenvalue weighted by Crippen LogP contribution is 2.25. The van der Waals surface area contributed by atoms with Crippen molar-refractivity contribution in [2.75, 3.05) is 5.32 Å². The van der Waals surface area contributed by atoms with E-state index in [9.17, 15) is 9.59 Å². The van der Waals surface area contributed by atoms with Crippen LogP contribution >= 0.6 is 23.2 Å². The number of ketones is 1. The van der Waals surface area contributed by atoms with Crippen LogP contribution in [0.25, 0.3) is 0 Å². The van der Waals surface area contributed by atoms with Crippen molar-refractivity contribution < 1.29 is 18.7 Å². The number of aryl methyl sites for hydroxylation is 1. The van der Waals surface area contributed by atoms with Gasteiger partial charge in [0, 0.05) is 5.56 Å². The molecule has 0 fully saturated rings. The summed E-state index contributed by atoms with van der Waals surface area (Å²) in [6.45, 7) is 5.84. The largest absolute Gasteiger partial charge is 0.486 e. The second kappa shape index (κ2) is 10.4. The van der Waals surface area contributed by atoms with Gasteiger partial charge in [0.05, 0.1) is 33.7 Å². The number of hydrogen-bond acceptors (Lipinski definition) is 5. The number of halogens is 2. The molecule has 0 bridgehead atoms. The lowest BCUT2D eigenvalue weighted by Crippen LogP contribution is -2.12. The first-order valence-corrected chi connectivity index (χ1v) is 11.6. The number of nitrogens with zero attached hydrogens (tertiary/aromatic N) is 2. The molecule has 0 aliphatic carbocycles. The number of amides is 1. The Hall–Kier alpha value is -3.55. The molecule has 0 atom stereocenters. The molecule has 9 heteroatoms. The van der Waals surface area contributed by atoms with Crippen molar-refractivity contribution in [3.05, 3.63) is 98.7 Å². The number of anilines is 1. The first-order valence-electron chi connectivity index (χ1n) is 10.8. The van der Waals surface area contributed by atoms with Crippen LogP contribution in [-0.2, 0) is 13.2 Å². The van der Waals surface area contributed by atoms with E-state index < -0.39 is 0 Å². The van der Waals surface area contributed by atoms with Gasteiger partial charge in [-0.05, 0) is 74.9 Å². The van der Waals surface area contributed by atoms with Crippen LogP contribution in [0.1, 0.15) is 50.5 Å². The van der Waals surface area contributed by atoms with Crippen molar-refractivity contribution in [2.45, 2.75) is 33.9 Å². The lowest BCUT2D eigenvalue weighted by molar-refractivity contribution is 0.0990. The van der Waals surface area contributed by atoms with E-state index >= 15 is 0 Å². The lowest BCUT2D eigenvalue weighted by atomic mass is 10.1. The van der Waals surface area contributed by atoms with Gasteiger partial charge in [-0.2, -0.15) is 5.10 Å². The van der Waals surface area contributed by atoms with E-state index in [4.69, 9.17) is 32.4 Å². The summed E-state index contributed by atoms with van der Waals surface area (Å²) in [5.74, 6) is 0.852. The highest BCUT2D eigenvalue weighted by Gasteiger charge is 2.18. The first-order chi connectivity index (χ1) is 16.7. The van der Waals surface area contributed by atoms with Gasteiger partial charge in [-0.15, -0.1) is 0 Å². The molecule has 0 radical (unpaired) electrons. The van der Waals surface area contributed by atoms with Crippen LogP contribution in [0.3, 0.4) is 0 Å². The number of benzene rings is 2. The minimum atomic E-state index is -0.387. The Bertz CT molecular complexity index is 1390. The number of Topliss-reactive ketones (excluding diaryl/α,β-unsaturated/α-hetero) is 1. The van der Waals surface area contributed by atoms with Crippen LogP contribution in [0.5, 0.6) is 5.75 Å². The topological polar surface area (TPSA) is 86.4 Å². The fraction of sp³-hybridized carbons (Fsp3) is 0.192. The fourth-order valence-corrected chi connectivity index (χ4v) is 3.86. The van der Waals surface area contributed by atoms with E-state index in [-0.39, 0.29) is 24.1 Å². The third-order valence-electron chi connectivity index (χ3n) is 5.46. The number of furan rings is 1. The predicted molar refractivity (Wildman–Crippen MR) is 135 cm³/mol. The fourth-order valence-electron chi connectivity index (χ4n) is 3.54. The zero-order chi connectivity index (χ0) is 25.1. The van der Waals surface area contributed by atoms with Crippen molar-refractivity contribution in [3.8, 4) is 5.75 Å². The third kappa shape index (κ3) is 5.75. The molecule has 180 valence electrons. The van der Waals surface area contributed by atoms with Crippen molar-refractivity contribution >= 4 is 40.6 Å². The molecule has 2 aromatic heterocycles. The molecule has 1 N–H and O–H groups in total. The van der Waals surface area contributed by atoms with E-state index in [1.54, 1.807) is 53.2 Å². The molecule has 2 aromatic carbocycles. The predicted octanol–water partition coefficient (Wildman–Crippen LogP) is 6.48. The first kappa shape index (κ1) is 24.6. The number of ether oxygens (including phenoxy) is 1. The Labute approximate surface area is 212 Å². The van der Waals surface area contributed by atoms with Crippen molar-refractivity contribution in [2.24, 2.45) is 0 Å². The maximum Gasteiger partial charge on any atom is 0.291 e. The molecule has 1 amide bonds. The van der Waals surface area contributed by atoms with Crippen LogP contribution in [0.4, 0.5) is 5.69 Å². The molecule has 7 nitrogen and oxygen atoms in total. The smallest absolute Gasteiger partial charge is 0.291 e. The average molecular weight is 512 g/mol. The van der Waals surface area contributed by atoms with Gasteiger partial charge >= 0.3 is 0 Å². The maximum atomic E-state index is 12.8. The van der Waals surface area contributed by atoms with Gasteiger partial charge < -0.3 is 14.5 Å². The summed E-state index contributed by atoms with van der Waals surface area (Å²) in [7, 11) is 0. The molecule has 2 heterocycles.